The van der Waals surface area contributed by atoms with Crippen molar-refractivity contribution < 1.29 is 18.0 Å². The number of nitrogens with two attached hydrogens (primary N) is 1. The van der Waals surface area contributed by atoms with Gasteiger partial charge in [-0.05, 0) is 12.8 Å². The lowest BCUT2D eigenvalue weighted by atomic mass is 10.0. The lowest BCUT2D eigenvalue weighted by Gasteiger charge is -2.34. The Labute approximate surface area is 115 Å². The maximum absolute atomic E-state index is 12.7. The molecule has 110 valence electrons. The highest BCUT2D eigenvalue weighted by atomic mass is 32.1. The molecule has 8 heteroatoms. The van der Waals surface area contributed by atoms with Gasteiger partial charge in [0.05, 0.1) is 4.99 Å². The van der Waals surface area contributed by atoms with Gasteiger partial charge in [0, 0.05) is 32.6 Å². The van der Waals surface area contributed by atoms with E-state index in [1.165, 1.54) is 6.92 Å². The Hall–Kier alpha value is -0.890. The summed E-state index contributed by atoms with van der Waals surface area (Å²) >= 11 is 4.49. The first-order valence-corrected chi connectivity index (χ1v) is 6.46. The van der Waals surface area contributed by atoms with Gasteiger partial charge < -0.3 is 16.0 Å². The minimum Gasteiger partial charge on any atom is -0.393 e. The molecule has 0 spiro atoms. The first-order valence-electron chi connectivity index (χ1n) is 6.05. The quantitative estimate of drug-likeness (QED) is 0.762. The summed E-state index contributed by atoms with van der Waals surface area (Å²) in [5.74, 6) is -1.88. The fraction of sp³-hybridized carbons (Fsp3) is 0.818. The molecule has 1 fully saturated rings. The van der Waals surface area contributed by atoms with Crippen molar-refractivity contribution in [2.45, 2.75) is 32.0 Å². The zero-order chi connectivity index (χ0) is 14.6. The third-order valence-corrected chi connectivity index (χ3v) is 3.46. The number of piperidine rings is 1. The zero-order valence-electron chi connectivity index (χ0n) is 10.7. The van der Waals surface area contributed by atoms with Gasteiger partial charge in [0.15, 0.2) is 0 Å². The first-order chi connectivity index (χ1) is 8.70. The van der Waals surface area contributed by atoms with Crippen LogP contribution in [0.25, 0.3) is 0 Å². The monoisotopic (exact) mass is 297 g/mol. The van der Waals surface area contributed by atoms with Crippen LogP contribution in [0, 0.1) is 5.92 Å². The molecule has 3 N–H and O–H groups in total. The third-order valence-electron chi connectivity index (χ3n) is 3.17. The van der Waals surface area contributed by atoms with Crippen molar-refractivity contribution in [3.05, 3.63) is 0 Å². The molecule has 1 aliphatic heterocycles. The minimum absolute atomic E-state index is 0.0444. The van der Waals surface area contributed by atoms with Crippen molar-refractivity contribution in [1.82, 2.24) is 10.2 Å². The number of hydrogen-bond acceptors (Lipinski definition) is 3. The van der Waals surface area contributed by atoms with Gasteiger partial charge in [-0.3, -0.25) is 4.79 Å². The van der Waals surface area contributed by atoms with Gasteiger partial charge in [0.1, 0.15) is 5.92 Å². The first kappa shape index (κ1) is 16.2. The van der Waals surface area contributed by atoms with Gasteiger partial charge in [-0.15, -0.1) is 0 Å². The number of nitrogens with one attached hydrogen (secondary N) is 1. The van der Waals surface area contributed by atoms with Crippen molar-refractivity contribution in [3.8, 4) is 0 Å². The number of amides is 1. The molecular formula is C11H18F3N3OS. The van der Waals surface area contributed by atoms with Crippen LogP contribution in [0.2, 0.25) is 0 Å². The van der Waals surface area contributed by atoms with E-state index in [4.69, 9.17) is 5.73 Å². The number of halogens is 3. The van der Waals surface area contributed by atoms with Crippen molar-refractivity contribution in [3.63, 3.8) is 0 Å². The van der Waals surface area contributed by atoms with Crippen LogP contribution in [-0.2, 0) is 4.79 Å². The van der Waals surface area contributed by atoms with Crippen molar-refractivity contribution >= 4 is 23.1 Å². The number of thiocarbonyl (C=S) groups is 1. The van der Waals surface area contributed by atoms with E-state index < -0.39 is 17.1 Å². The Morgan fingerprint density at radius 1 is 1.47 bits per heavy atom. The molecule has 0 aromatic heterocycles. The lowest BCUT2D eigenvalue weighted by Crippen LogP contribution is -2.49. The number of nitrogens with zero attached hydrogens (tertiary/aromatic N) is 1. The molecule has 19 heavy (non-hydrogen) atoms. The average molecular weight is 297 g/mol. The molecule has 1 atom stereocenters. The topological polar surface area (TPSA) is 58.4 Å². The molecule has 4 nitrogen and oxygen atoms in total. The summed E-state index contributed by atoms with van der Waals surface area (Å²) in [4.78, 5) is 12.1. The van der Waals surface area contributed by atoms with Gasteiger partial charge in [-0.1, -0.05) is 12.2 Å². The van der Waals surface area contributed by atoms with Gasteiger partial charge in [0.2, 0.25) is 5.91 Å². The molecule has 1 aliphatic rings. The summed E-state index contributed by atoms with van der Waals surface area (Å²) in [6.07, 6.45) is -3.12. The molecule has 0 aromatic rings. The normalized spacial score (nSPS) is 20.0. The molecule has 0 aromatic carbocycles. The van der Waals surface area contributed by atoms with E-state index >= 15 is 0 Å². The molecule has 0 saturated carbocycles. The van der Waals surface area contributed by atoms with Crippen LogP contribution in [0.15, 0.2) is 0 Å². The van der Waals surface area contributed by atoms with E-state index in [9.17, 15) is 18.0 Å². The predicted octanol–water partition coefficient (Wildman–Crippen LogP) is 1.05. The van der Waals surface area contributed by atoms with Crippen LogP contribution < -0.4 is 11.1 Å². The van der Waals surface area contributed by atoms with Gasteiger partial charge in [-0.25, -0.2) is 0 Å². The molecule has 1 amide bonds. The number of hydrogen-bond donors (Lipinski definition) is 2. The summed E-state index contributed by atoms with van der Waals surface area (Å²) in [6.45, 7) is 2.23. The van der Waals surface area contributed by atoms with Gasteiger partial charge in [-0.2, -0.15) is 13.2 Å². The molecule has 0 aliphatic carbocycles. The zero-order valence-corrected chi connectivity index (χ0v) is 11.5. The van der Waals surface area contributed by atoms with Crippen molar-refractivity contribution in [1.29, 1.82) is 0 Å². The van der Waals surface area contributed by atoms with E-state index in [1.54, 1.807) is 4.90 Å². The van der Waals surface area contributed by atoms with Crippen molar-refractivity contribution in [2.75, 3.05) is 19.6 Å². The van der Waals surface area contributed by atoms with E-state index in [0.29, 0.717) is 25.9 Å². The lowest BCUT2D eigenvalue weighted by molar-refractivity contribution is -0.159. The van der Waals surface area contributed by atoms with E-state index in [0.717, 1.165) is 0 Å². The van der Waals surface area contributed by atoms with Crippen LogP contribution in [0.3, 0.4) is 0 Å². The second-order valence-electron chi connectivity index (χ2n) is 4.77. The summed E-state index contributed by atoms with van der Waals surface area (Å²) in [5.41, 5.74) is 5.16. The van der Waals surface area contributed by atoms with Crippen LogP contribution in [-0.4, -0.2) is 47.6 Å². The Kier molecular flexibility index (Phi) is 5.54. The second kappa shape index (κ2) is 6.51. The maximum atomic E-state index is 12.7. The molecule has 0 bridgehead atoms. The Bertz CT molecular complexity index is 341. The summed E-state index contributed by atoms with van der Waals surface area (Å²) in [7, 11) is 0. The van der Waals surface area contributed by atoms with Crippen LogP contribution in [0.4, 0.5) is 13.2 Å². The highest BCUT2D eigenvalue weighted by Gasteiger charge is 2.42. The molecular weight excluding hydrogens is 279 g/mol. The maximum Gasteiger partial charge on any atom is 0.399 e. The average Bonchev–Trinajstić information content (AvgIpc) is 2.25. The molecule has 1 unspecified atom stereocenters. The number of alkyl halides is 3. The molecule has 0 radical (unpaired) electrons. The number of carbonyl (C=O) groups excluding carboxylic acids is 1. The fourth-order valence-electron chi connectivity index (χ4n) is 2.16. The number of likely N-dealkylation sites (tertiary alicyclic amines) is 1. The largest absolute Gasteiger partial charge is 0.399 e. The Morgan fingerprint density at radius 3 is 2.37 bits per heavy atom. The van der Waals surface area contributed by atoms with Crippen LogP contribution in [0.5, 0.6) is 0 Å². The molecule has 1 rings (SSSR count). The Balaban J connectivity index is 2.47. The molecule has 1 heterocycles. The highest BCUT2D eigenvalue weighted by molar-refractivity contribution is 7.80. The van der Waals surface area contributed by atoms with Crippen LogP contribution in [0.1, 0.15) is 19.8 Å². The number of carbonyl (C=O) groups is 1. The second-order valence-corrected chi connectivity index (χ2v) is 5.24. The summed E-state index contributed by atoms with van der Waals surface area (Å²) < 4.78 is 38.2. The minimum atomic E-state index is -4.40. The van der Waals surface area contributed by atoms with Gasteiger partial charge >= 0.3 is 6.18 Å². The SMILES string of the molecule is CC(=O)NC1CCN(CC(C(N)=S)C(F)(F)F)CC1. The van der Waals surface area contributed by atoms with Crippen molar-refractivity contribution in [2.24, 2.45) is 11.7 Å². The third kappa shape index (κ3) is 5.32. The Morgan fingerprint density at radius 2 is 2.00 bits per heavy atom. The summed E-state index contributed by atoms with van der Waals surface area (Å²) in [6, 6.07) is 0.0444. The fourth-order valence-corrected chi connectivity index (χ4v) is 2.37. The van der Waals surface area contributed by atoms with Crippen LogP contribution >= 0.6 is 12.2 Å². The van der Waals surface area contributed by atoms with Gasteiger partial charge in [0.25, 0.3) is 0 Å². The smallest absolute Gasteiger partial charge is 0.393 e. The highest BCUT2D eigenvalue weighted by Crippen LogP contribution is 2.28. The van der Waals surface area contributed by atoms with E-state index in [-0.39, 0.29) is 18.5 Å². The summed E-state index contributed by atoms with van der Waals surface area (Å²) in [5, 5.41) is 2.77. The van der Waals surface area contributed by atoms with E-state index in [2.05, 4.69) is 17.5 Å². The molecule has 1 saturated heterocycles. The standard InChI is InChI=1S/C11H18F3N3OS/c1-7(18)16-8-2-4-17(5-3-8)6-9(10(15)19)11(12,13)14/h8-9H,2-6H2,1H3,(H2,15,19)(H,16,18). The van der Waals surface area contributed by atoms with E-state index in [1.807, 2.05) is 0 Å². The number of rotatable bonds is 4. The predicted molar refractivity (Wildman–Crippen MR) is 69.6 cm³/mol.